The van der Waals surface area contributed by atoms with Crippen LogP contribution in [0.1, 0.15) is 6.42 Å². The van der Waals surface area contributed by atoms with Gasteiger partial charge < -0.3 is 5.73 Å². The number of halogens is 2. The SMILES string of the molecule is NCCCS(=O)(=O)c1ccc(F)cc1F. The molecule has 0 aliphatic heterocycles. The monoisotopic (exact) mass is 235 g/mol. The van der Waals surface area contributed by atoms with Gasteiger partial charge in [-0.15, -0.1) is 0 Å². The molecule has 0 amide bonds. The van der Waals surface area contributed by atoms with E-state index < -0.39 is 26.4 Å². The second-order valence-corrected chi connectivity index (χ2v) is 5.11. The standard InChI is InChI=1S/C9H11F2NO2S/c10-7-2-3-9(8(11)6-7)15(13,14)5-1-4-12/h2-3,6H,1,4-5,12H2. The van der Waals surface area contributed by atoms with E-state index in [2.05, 4.69) is 0 Å². The van der Waals surface area contributed by atoms with Gasteiger partial charge in [0, 0.05) is 6.07 Å². The van der Waals surface area contributed by atoms with Crippen LogP contribution in [0, 0.1) is 11.6 Å². The van der Waals surface area contributed by atoms with Gasteiger partial charge >= 0.3 is 0 Å². The highest BCUT2D eigenvalue weighted by atomic mass is 32.2. The van der Waals surface area contributed by atoms with Crippen molar-refractivity contribution in [3.8, 4) is 0 Å². The van der Waals surface area contributed by atoms with Crippen LogP contribution in [0.2, 0.25) is 0 Å². The summed E-state index contributed by atoms with van der Waals surface area (Å²) >= 11 is 0. The Morgan fingerprint density at radius 1 is 1.27 bits per heavy atom. The van der Waals surface area contributed by atoms with Gasteiger partial charge in [-0.3, -0.25) is 0 Å². The van der Waals surface area contributed by atoms with E-state index in [0.717, 1.165) is 12.1 Å². The summed E-state index contributed by atoms with van der Waals surface area (Å²) in [5.74, 6) is -2.09. The van der Waals surface area contributed by atoms with Crippen molar-refractivity contribution in [2.75, 3.05) is 12.3 Å². The van der Waals surface area contributed by atoms with E-state index in [1.807, 2.05) is 0 Å². The highest BCUT2D eigenvalue weighted by Gasteiger charge is 2.18. The lowest BCUT2D eigenvalue weighted by Gasteiger charge is -2.04. The molecule has 0 saturated carbocycles. The maximum Gasteiger partial charge on any atom is 0.181 e. The van der Waals surface area contributed by atoms with Crippen LogP contribution < -0.4 is 5.73 Å². The Hall–Kier alpha value is -1.01. The van der Waals surface area contributed by atoms with Gasteiger partial charge in [0.15, 0.2) is 9.84 Å². The Bertz CT molecular complexity index is 445. The predicted molar refractivity (Wildman–Crippen MR) is 52.1 cm³/mol. The summed E-state index contributed by atoms with van der Waals surface area (Å²) in [4.78, 5) is -0.475. The molecule has 6 heteroatoms. The van der Waals surface area contributed by atoms with E-state index in [1.165, 1.54) is 0 Å². The first-order valence-electron chi connectivity index (χ1n) is 4.35. The number of nitrogens with two attached hydrogens (primary N) is 1. The summed E-state index contributed by atoms with van der Waals surface area (Å²) in [7, 11) is -3.69. The van der Waals surface area contributed by atoms with Crippen LogP contribution in [-0.4, -0.2) is 20.7 Å². The van der Waals surface area contributed by atoms with Crippen molar-refractivity contribution in [3.05, 3.63) is 29.8 Å². The van der Waals surface area contributed by atoms with E-state index in [4.69, 9.17) is 5.73 Å². The molecule has 1 rings (SSSR count). The van der Waals surface area contributed by atoms with Crippen molar-refractivity contribution in [1.82, 2.24) is 0 Å². The second kappa shape index (κ2) is 4.67. The summed E-state index contributed by atoms with van der Waals surface area (Å²) in [6.07, 6.45) is 0.249. The smallest absolute Gasteiger partial charge is 0.181 e. The second-order valence-electron chi connectivity index (χ2n) is 3.04. The number of benzene rings is 1. The van der Waals surface area contributed by atoms with E-state index >= 15 is 0 Å². The minimum absolute atomic E-state index is 0.210. The summed E-state index contributed by atoms with van der Waals surface area (Å²) in [5.41, 5.74) is 5.16. The molecule has 0 aliphatic rings. The molecule has 0 aliphatic carbocycles. The van der Waals surface area contributed by atoms with Gasteiger partial charge in [0.05, 0.1) is 5.75 Å². The Labute approximate surface area is 86.8 Å². The van der Waals surface area contributed by atoms with Gasteiger partial charge in [-0.1, -0.05) is 0 Å². The maximum atomic E-state index is 13.1. The van der Waals surface area contributed by atoms with Gasteiger partial charge in [-0.25, -0.2) is 17.2 Å². The largest absolute Gasteiger partial charge is 0.330 e. The minimum Gasteiger partial charge on any atom is -0.330 e. The molecule has 0 radical (unpaired) electrons. The van der Waals surface area contributed by atoms with Gasteiger partial charge in [0.1, 0.15) is 16.5 Å². The lowest BCUT2D eigenvalue weighted by atomic mass is 10.3. The molecular weight excluding hydrogens is 224 g/mol. The molecule has 3 nitrogen and oxygen atoms in total. The third-order valence-corrected chi connectivity index (χ3v) is 3.67. The summed E-state index contributed by atoms with van der Waals surface area (Å²) in [6, 6.07) is 2.39. The number of sulfone groups is 1. The van der Waals surface area contributed by atoms with Gasteiger partial charge in [-0.05, 0) is 25.1 Å². The minimum atomic E-state index is -3.69. The lowest BCUT2D eigenvalue weighted by Crippen LogP contribution is -2.12. The topological polar surface area (TPSA) is 60.2 Å². The van der Waals surface area contributed by atoms with Crippen molar-refractivity contribution >= 4 is 9.84 Å². The lowest BCUT2D eigenvalue weighted by molar-refractivity contribution is 0.548. The van der Waals surface area contributed by atoms with Crippen LogP contribution >= 0.6 is 0 Å². The third kappa shape index (κ3) is 2.97. The zero-order valence-corrected chi connectivity index (χ0v) is 8.73. The highest BCUT2D eigenvalue weighted by Crippen LogP contribution is 2.17. The van der Waals surface area contributed by atoms with Crippen LogP contribution in [-0.2, 0) is 9.84 Å². The summed E-state index contributed by atoms with van der Waals surface area (Å²) in [5, 5.41) is 0. The molecule has 84 valence electrons. The Morgan fingerprint density at radius 3 is 2.47 bits per heavy atom. The summed E-state index contributed by atoms with van der Waals surface area (Å²) in [6.45, 7) is 0.210. The average Bonchev–Trinajstić information content (AvgIpc) is 2.14. The molecule has 1 aromatic carbocycles. The van der Waals surface area contributed by atoms with Gasteiger partial charge in [0.2, 0.25) is 0 Å². The molecular formula is C9H11F2NO2S. The number of rotatable bonds is 4. The molecule has 0 unspecified atom stereocenters. The average molecular weight is 235 g/mol. The molecule has 15 heavy (non-hydrogen) atoms. The Morgan fingerprint density at radius 2 is 1.93 bits per heavy atom. The van der Waals surface area contributed by atoms with Crippen LogP contribution in [0.25, 0.3) is 0 Å². The van der Waals surface area contributed by atoms with Crippen molar-refractivity contribution in [1.29, 1.82) is 0 Å². The fraction of sp³-hybridized carbons (Fsp3) is 0.333. The number of hydrogen-bond donors (Lipinski definition) is 1. The first kappa shape index (κ1) is 12.1. The fourth-order valence-corrected chi connectivity index (χ4v) is 2.51. The Balaban J connectivity index is 3.05. The maximum absolute atomic E-state index is 13.1. The first-order valence-corrected chi connectivity index (χ1v) is 6.00. The number of hydrogen-bond acceptors (Lipinski definition) is 3. The van der Waals surface area contributed by atoms with Crippen LogP contribution in [0.15, 0.2) is 23.1 Å². The van der Waals surface area contributed by atoms with Crippen molar-refractivity contribution in [2.24, 2.45) is 5.73 Å². The van der Waals surface area contributed by atoms with E-state index in [1.54, 1.807) is 0 Å². The van der Waals surface area contributed by atoms with Crippen molar-refractivity contribution in [2.45, 2.75) is 11.3 Å². The quantitative estimate of drug-likeness (QED) is 0.794. The fourth-order valence-electron chi connectivity index (χ4n) is 1.11. The van der Waals surface area contributed by atoms with Crippen LogP contribution in [0.3, 0.4) is 0 Å². The zero-order chi connectivity index (χ0) is 11.5. The van der Waals surface area contributed by atoms with Crippen LogP contribution in [0.4, 0.5) is 8.78 Å². The molecule has 2 N–H and O–H groups in total. The van der Waals surface area contributed by atoms with E-state index in [0.29, 0.717) is 6.07 Å². The molecule has 0 bridgehead atoms. The molecule has 0 saturated heterocycles. The summed E-state index contributed by atoms with van der Waals surface area (Å²) < 4.78 is 48.7. The third-order valence-electron chi connectivity index (χ3n) is 1.85. The molecule has 0 heterocycles. The van der Waals surface area contributed by atoms with Gasteiger partial charge in [-0.2, -0.15) is 0 Å². The van der Waals surface area contributed by atoms with E-state index in [-0.39, 0.29) is 18.7 Å². The molecule has 0 aromatic heterocycles. The molecule has 0 atom stereocenters. The molecule has 0 spiro atoms. The van der Waals surface area contributed by atoms with Gasteiger partial charge in [0.25, 0.3) is 0 Å². The first-order chi connectivity index (χ1) is 6.97. The molecule has 1 aromatic rings. The van der Waals surface area contributed by atoms with Crippen molar-refractivity contribution in [3.63, 3.8) is 0 Å². The zero-order valence-electron chi connectivity index (χ0n) is 7.91. The van der Waals surface area contributed by atoms with Crippen LogP contribution in [0.5, 0.6) is 0 Å². The predicted octanol–water partition coefficient (Wildman–Crippen LogP) is 1.09. The van der Waals surface area contributed by atoms with Crippen molar-refractivity contribution < 1.29 is 17.2 Å². The highest BCUT2D eigenvalue weighted by molar-refractivity contribution is 7.91. The molecule has 0 fully saturated rings. The normalized spacial score (nSPS) is 11.7. The van der Waals surface area contributed by atoms with E-state index in [9.17, 15) is 17.2 Å². The Kier molecular flexibility index (Phi) is 3.76.